The average molecular weight is 232 g/mol. The van der Waals surface area contributed by atoms with Gasteiger partial charge in [-0.3, -0.25) is 0 Å². The maximum Gasteiger partial charge on any atom is 0.172 e. The first-order chi connectivity index (χ1) is 8.13. The third-order valence-corrected chi connectivity index (χ3v) is 2.67. The van der Waals surface area contributed by atoms with Crippen molar-refractivity contribution < 1.29 is 9.26 Å². The highest BCUT2D eigenvalue weighted by Gasteiger charge is 2.16. The van der Waals surface area contributed by atoms with Gasteiger partial charge in [0.25, 0.3) is 0 Å². The number of anilines is 1. The van der Waals surface area contributed by atoms with Crippen LogP contribution in [0.4, 0.5) is 5.82 Å². The van der Waals surface area contributed by atoms with Crippen molar-refractivity contribution >= 4 is 5.82 Å². The Hall–Kier alpha value is -1.97. The Labute approximate surface area is 100 Å². The van der Waals surface area contributed by atoms with Crippen LogP contribution in [-0.4, -0.2) is 12.3 Å². The fourth-order valence-electron chi connectivity index (χ4n) is 1.85. The summed E-state index contributed by atoms with van der Waals surface area (Å²) in [5.41, 5.74) is 7.58. The second kappa shape index (κ2) is 4.49. The third-order valence-electron chi connectivity index (χ3n) is 2.67. The van der Waals surface area contributed by atoms with Crippen LogP contribution in [0.3, 0.4) is 0 Å². The predicted octanol–water partition coefficient (Wildman–Crippen LogP) is 3.06. The van der Waals surface area contributed by atoms with E-state index in [0.717, 1.165) is 16.9 Å². The Morgan fingerprint density at radius 1 is 1.35 bits per heavy atom. The number of methoxy groups -OCH3 is 1. The first-order valence-corrected chi connectivity index (χ1v) is 5.53. The molecule has 4 heteroatoms. The fraction of sp³-hybridized carbons (Fsp3) is 0.308. The molecule has 0 bridgehead atoms. The van der Waals surface area contributed by atoms with E-state index in [4.69, 9.17) is 15.0 Å². The van der Waals surface area contributed by atoms with Crippen molar-refractivity contribution in [3.05, 3.63) is 29.8 Å². The van der Waals surface area contributed by atoms with Crippen molar-refractivity contribution in [3.8, 4) is 17.1 Å². The lowest BCUT2D eigenvalue weighted by molar-refractivity contribution is 0.401. The SMILES string of the molecule is COc1c(-c2cc(N)no2)cccc1C(C)C. The van der Waals surface area contributed by atoms with Crippen LogP contribution < -0.4 is 10.5 Å². The molecule has 0 atom stereocenters. The number of nitrogens with zero attached hydrogens (tertiary/aromatic N) is 1. The molecule has 2 aromatic rings. The van der Waals surface area contributed by atoms with Gasteiger partial charge in [-0.25, -0.2) is 0 Å². The summed E-state index contributed by atoms with van der Waals surface area (Å²) in [7, 11) is 1.66. The Balaban J connectivity index is 2.58. The molecule has 1 heterocycles. The Kier molecular flexibility index (Phi) is 3.04. The van der Waals surface area contributed by atoms with Gasteiger partial charge in [-0.1, -0.05) is 31.1 Å². The predicted molar refractivity (Wildman–Crippen MR) is 67.0 cm³/mol. The van der Waals surface area contributed by atoms with Gasteiger partial charge in [0, 0.05) is 6.07 Å². The van der Waals surface area contributed by atoms with Crippen molar-refractivity contribution in [2.45, 2.75) is 19.8 Å². The largest absolute Gasteiger partial charge is 0.496 e. The van der Waals surface area contributed by atoms with E-state index in [-0.39, 0.29) is 0 Å². The molecule has 90 valence electrons. The highest BCUT2D eigenvalue weighted by molar-refractivity contribution is 5.69. The molecule has 0 unspecified atom stereocenters. The maximum absolute atomic E-state index is 5.56. The molecule has 17 heavy (non-hydrogen) atoms. The number of nitrogen functional groups attached to an aromatic ring is 1. The maximum atomic E-state index is 5.56. The molecule has 0 spiro atoms. The van der Waals surface area contributed by atoms with E-state index in [1.165, 1.54) is 0 Å². The summed E-state index contributed by atoms with van der Waals surface area (Å²) in [5.74, 6) is 2.20. The number of benzene rings is 1. The smallest absolute Gasteiger partial charge is 0.172 e. The van der Waals surface area contributed by atoms with Crippen LogP contribution in [0.2, 0.25) is 0 Å². The number of aromatic nitrogens is 1. The summed E-state index contributed by atoms with van der Waals surface area (Å²) in [6, 6.07) is 7.66. The van der Waals surface area contributed by atoms with Crippen molar-refractivity contribution in [1.82, 2.24) is 5.16 Å². The van der Waals surface area contributed by atoms with Gasteiger partial charge in [0.1, 0.15) is 5.75 Å². The highest BCUT2D eigenvalue weighted by atomic mass is 16.5. The van der Waals surface area contributed by atoms with Gasteiger partial charge in [-0.2, -0.15) is 0 Å². The fourth-order valence-corrected chi connectivity index (χ4v) is 1.85. The summed E-state index contributed by atoms with van der Waals surface area (Å²) in [6.07, 6.45) is 0. The molecule has 0 saturated heterocycles. The number of hydrogen-bond donors (Lipinski definition) is 1. The lowest BCUT2D eigenvalue weighted by Crippen LogP contribution is -1.96. The lowest BCUT2D eigenvalue weighted by Gasteiger charge is -2.14. The minimum absolute atomic E-state index is 0.372. The molecule has 0 radical (unpaired) electrons. The summed E-state index contributed by atoms with van der Waals surface area (Å²) in [4.78, 5) is 0. The molecule has 0 amide bonds. The number of ether oxygens (including phenoxy) is 1. The zero-order valence-electron chi connectivity index (χ0n) is 10.2. The van der Waals surface area contributed by atoms with Crippen LogP contribution in [0.25, 0.3) is 11.3 Å². The Bertz CT molecular complexity index is 518. The van der Waals surface area contributed by atoms with E-state index in [1.807, 2.05) is 18.2 Å². The molecular weight excluding hydrogens is 216 g/mol. The van der Waals surface area contributed by atoms with Gasteiger partial charge in [-0.15, -0.1) is 0 Å². The number of nitrogens with two attached hydrogens (primary N) is 1. The molecule has 0 aliphatic carbocycles. The van der Waals surface area contributed by atoms with Gasteiger partial charge in [0.05, 0.1) is 12.7 Å². The van der Waals surface area contributed by atoms with Crippen molar-refractivity contribution in [1.29, 1.82) is 0 Å². The van der Waals surface area contributed by atoms with Gasteiger partial charge in [0.15, 0.2) is 11.6 Å². The van der Waals surface area contributed by atoms with Crippen LogP contribution in [0, 0.1) is 0 Å². The molecule has 1 aromatic carbocycles. The topological polar surface area (TPSA) is 61.3 Å². The van der Waals surface area contributed by atoms with Crippen molar-refractivity contribution in [2.24, 2.45) is 0 Å². The van der Waals surface area contributed by atoms with Gasteiger partial charge in [-0.05, 0) is 17.5 Å². The minimum Gasteiger partial charge on any atom is -0.496 e. The second-order valence-corrected chi connectivity index (χ2v) is 4.20. The van der Waals surface area contributed by atoms with Crippen LogP contribution in [0.5, 0.6) is 5.75 Å². The summed E-state index contributed by atoms with van der Waals surface area (Å²) < 4.78 is 10.6. The van der Waals surface area contributed by atoms with Crippen LogP contribution in [0.15, 0.2) is 28.8 Å². The number of rotatable bonds is 3. The first kappa shape index (κ1) is 11.5. The van der Waals surface area contributed by atoms with Gasteiger partial charge >= 0.3 is 0 Å². The molecule has 2 rings (SSSR count). The monoisotopic (exact) mass is 232 g/mol. The Morgan fingerprint density at radius 3 is 2.65 bits per heavy atom. The van der Waals surface area contributed by atoms with Crippen LogP contribution in [0.1, 0.15) is 25.3 Å². The highest BCUT2D eigenvalue weighted by Crippen LogP contribution is 2.36. The molecule has 0 fully saturated rings. The van der Waals surface area contributed by atoms with E-state index in [1.54, 1.807) is 13.2 Å². The molecule has 1 aromatic heterocycles. The number of hydrogen-bond acceptors (Lipinski definition) is 4. The lowest BCUT2D eigenvalue weighted by atomic mass is 9.98. The molecule has 0 saturated carbocycles. The average Bonchev–Trinajstić information content (AvgIpc) is 2.74. The van der Waals surface area contributed by atoms with Crippen LogP contribution in [-0.2, 0) is 0 Å². The summed E-state index contributed by atoms with van der Waals surface area (Å²) in [5, 5.41) is 3.69. The first-order valence-electron chi connectivity index (χ1n) is 5.53. The molecular formula is C13H16N2O2. The van der Waals surface area contributed by atoms with Crippen LogP contribution >= 0.6 is 0 Å². The third kappa shape index (κ3) is 2.11. The molecule has 0 aliphatic rings. The van der Waals surface area contributed by atoms with Crippen molar-refractivity contribution in [2.75, 3.05) is 12.8 Å². The minimum atomic E-state index is 0.372. The normalized spacial score (nSPS) is 10.8. The quantitative estimate of drug-likeness (QED) is 0.883. The second-order valence-electron chi connectivity index (χ2n) is 4.20. The van der Waals surface area contributed by atoms with Crippen molar-refractivity contribution in [3.63, 3.8) is 0 Å². The zero-order valence-corrected chi connectivity index (χ0v) is 10.2. The van der Waals surface area contributed by atoms with E-state index in [2.05, 4.69) is 19.0 Å². The van der Waals surface area contributed by atoms with Gasteiger partial charge < -0.3 is 15.0 Å². The van der Waals surface area contributed by atoms with E-state index < -0.39 is 0 Å². The van der Waals surface area contributed by atoms with Gasteiger partial charge in [0.2, 0.25) is 0 Å². The summed E-state index contributed by atoms with van der Waals surface area (Å²) >= 11 is 0. The number of para-hydroxylation sites is 1. The molecule has 0 aliphatic heterocycles. The molecule has 2 N–H and O–H groups in total. The van der Waals surface area contributed by atoms with E-state index in [0.29, 0.717) is 17.5 Å². The van der Waals surface area contributed by atoms with E-state index >= 15 is 0 Å². The summed E-state index contributed by atoms with van der Waals surface area (Å²) in [6.45, 7) is 4.24. The Morgan fingerprint density at radius 2 is 2.12 bits per heavy atom. The standard InChI is InChI=1S/C13H16N2O2/c1-8(2)9-5-4-6-10(13(9)16-3)11-7-12(14)15-17-11/h4-8H,1-3H3,(H2,14,15). The van der Waals surface area contributed by atoms with E-state index in [9.17, 15) is 0 Å². The molecule has 4 nitrogen and oxygen atoms in total. The zero-order chi connectivity index (χ0) is 12.4.